The number of ether oxygens (including phenoxy) is 1. The van der Waals surface area contributed by atoms with Crippen molar-refractivity contribution in [2.75, 3.05) is 11.8 Å². The lowest BCUT2D eigenvalue weighted by atomic mass is 10.2. The number of methoxy groups -OCH3 is 1. The molecule has 0 atom stereocenters. The average molecular weight is 432 g/mol. The second-order valence-corrected chi connectivity index (χ2v) is 7.97. The molecular weight excluding hydrogens is 414 g/mol. The molecule has 2 N–H and O–H groups in total. The minimum absolute atomic E-state index is 0.173. The Morgan fingerprint density at radius 1 is 0.933 bits per heavy atom. The summed E-state index contributed by atoms with van der Waals surface area (Å²) < 4.78 is 58.2. The number of hydrogen-bond acceptors (Lipinski definition) is 4. The highest BCUT2D eigenvalue weighted by molar-refractivity contribution is 7.92. The minimum Gasteiger partial charge on any atom is -0.497 e. The van der Waals surface area contributed by atoms with Gasteiger partial charge < -0.3 is 10.1 Å². The highest BCUT2D eigenvalue weighted by atomic mass is 32.2. The number of hydrogen-bond donors (Lipinski definition) is 2. The summed E-state index contributed by atoms with van der Waals surface area (Å²) >= 11 is 0. The summed E-state index contributed by atoms with van der Waals surface area (Å²) in [6.45, 7) is 0.313. The summed E-state index contributed by atoms with van der Waals surface area (Å²) in [4.78, 5) is 11.9. The first kappa shape index (κ1) is 21.3. The van der Waals surface area contributed by atoms with E-state index in [0.717, 1.165) is 17.7 Å². The van der Waals surface area contributed by atoms with Crippen molar-refractivity contribution < 1.29 is 26.7 Å². The van der Waals surface area contributed by atoms with E-state index in [4.69, 9.17) is 4.74 Å². The normalized spacial score (nSPS) is 11.0. The van der Waals surface area contributed by atoms with Crippen LogP contribution in [0.25, 0.3) is 0 Å². The zero-order valence-corrected chi connectivity index (χ0v) is 16.7. The molecular formula is C21H18F2N2O4S. The first-order chi connectivity index (χ1) is 14.3. The third-order valence-corrected chi connectivity index (χ3v) is 5.59. The number of sulfonamides is 1. The fourth-order valence-electron chi connectivity index (χ4n) is 2.58. The first-order valence-corrected chi connectivity index (χ1v) is 10.3. The van der Waals surface area contributed by atoms with Crippen LogP contribution in [-0.2, 0) is 16.6 Å². The SMILES string of the molecule is COc1ccc(CNC(=O)c2ccc(NS(=O)(=O)c3ccc(F)c(F)c3)cc2)cc1. The second-order valence-electron chi connectivity index (χ2n) is 6.29. The summed E-state index contributed by atoms with van der Waals surface area (Å²) in [6.07, 6.45) is 0. The van der Waals surface area contributed by atoms with Gasteiger partial charge in [0.05, 0.1) is 12.0 Å². The third kappa shape index (κ3) is 5.12. The Balaban J connectivity index is 1.63. The zero-order valence-electron chi connectivity index (χ0n) is 15.9. The number of benzene rings is 3. The molecule has 156 valence electrons. The number of carbonyl (C=O) groups is 1. The van der Waals surface area contributed by atoms with Crippen LogP contribution in [0.4, 0.5) is 14.5 Å². The van der Waals surface area contributed by atoms with Gasteiger partial charge in [0.15, 0.2) is 11.6 Å². The van der Waals surface area contributed by atoms with Crippen LogP contribution in [0.3, 0.4) is 0 Å². The van der Waals surface area contributed by atoms with Gasteiger partial charge in [0.2, 0.25) is 0 Å². The van der Waals surface area contributed by atoms with Gasteiger partial charge in [0.1, 0.15) is 5.75 Å². The predicted octanol–water partition coefficient (Wildman–Crippen LogP) is 3.70. The monoisotopic (exact) mass is 432 g/mol. The molecule has 30 heavy (non-hydrogen) atoms. The Morgan fingerprint density at radius 3 is 2.20 bits per heavy atom. The second kappa shape index (κ2) is 8.91. The van der Waals surface area contributed by atoms with Crippen LogP contribution in [0.2, 0.25) is 0 Å². The number of nitrogens with one attached hydrogen (secondary N) is 2. The summed E-state index contributed by atoms with van der Waals surface area (Å²) in [6, 6.07) is 15.2. The van der Waals surface area contributed by atoms with Crippen molar-refractivity contribution in [3.8, 4) is 5.75 Å². The van der Waals surface area contributed by atoms with Crippen LogP contribution in [0.5, 0.6) is 5.75 Å². The van der Waals surface area contributed by atoms with E-state index >= 15 is 0 Å². The molecule has 0 heterocycles. The van der Waals surface area contributed by atoms with E-state index in [-0.39, 0.29) is 11.6 Å². The predicted molar refractivity (Wildman–Crippen MR) is 108 cm³/mol. The number of anilines is 1. The molecule has 0 fully saturated rings. The molecule has 0 saturated heterocycles. The molecule has 9 heteroatoms. The van der Waals surface area contributed by atoms with Gasteiger partial charge in [-0.15, -0.1) is 0 Å². The quantitative estimate of drug-likeness (QED) is 0.596. The lowest BCUT2D eigenvalue weighted by Crippen LogP contribution is -2.22. The molecule has 3 aromatic rings. The fourth-order valence-corrected chi connectivity index (χ4v) is 3.65. The van der Waals surface area contributed by atoms with Crippen molar-refractivity contribution in [1.82, 2.24) is 5.32 Å². The third-order valence-electron chi connectivity index (χ3n) is 4.21. The van der Waals surface area contributed by atoms with Crippen molar-refractivity contribution in [1.29, 1.82) is 0 Å². The topological polar surface area (TPSA) is 84.5 Å². The van der Waals surface area contributed by atoms with Gasteiger partial charge in [-0.25, -0.2) is 17.2 Å². The van der Waals surface area contributed by atoms with Gasteiger partial charge in [-0.1, -0.05) is 12.1 Å². The van der Waals surface area contributed by atoms with Crippen LogP contribution in [0.15, 0.2) is 71.6 Å². The van der Waals surface area contributed by atoms with Crippen LogP contribution in [0.1, 0.15) is 15.9 Å². The fraction of sp³-hybridized carbons (Fsp3) is 0.0952. The molecule has 0 unspecified atom stereocenters. The van der Waals surface area contributed by atoms with Gasteiger partial charge in [0, 0.05) is 17.8 Å². The molecule has 0 aliphatic rings. The van der Waals surface area contributed by atoms with Gasteiger partial charge in [-0.2, -0.15) is 0 Å². The van der Waals surface area contributed by atoms with Gasteiger partial charge >= 0.3 is 0 Å². The maximum Gasteiger partial charge on any atom is 0.261 e. The van der Waals surface area contributed by atoms with E-state index in [1.165, 1.54) is 24.3 Å². The van der Waals surface area contributed by atoms with E-state index in [1.54, 1.807) is 19.2 Å². The van der Waals surface area contributed by atoms with E-state index in [0.29, 0.717) is 23.9 Å². The maximum absolute atomic E-state index is 13.3. The Hall–Kier alpha value is -3.46. The summed E-state index contributed by atoms with van der Waals surface area (Å²) in [7, 11) is -2.54. The smallest absolute Gasteiger partial charge is 0.261 e. The molecule has 0 radical (unpaired) electrons. The minimum atomic E-state index is -4.11. The van der Waals surface area contributed by atoms with Crippen LogP contribution >= 0.6 is 0 Å². The van der Waals surface area contributed by atoms with Gasteiger partial charge in [-0.3, -0.25) is 9.52 Å². The van der Waals surface area contributed by atoms with Crippen molar-refractivity contribution in [3.63, 3.8) is 0 Å². The molecule has 0 aliphatic carbocycles. The largest absolute Gasteiger partial charge is 0.497 e. The van der Waals surface area contributed by atoms with E-state index in [9.17, 15) is 22.0 Å². The van der Waals surface area contributed by atoms with E-state index < -0.39 is 26.6 Å². The Morgan fingerprint density at radius 2 is 1.60 bits per heavy atom. The molecule has 0 spiro atoms. The lowest BCUT2D eigenvalue weighted by molar-refractivity contribution is 0.0951. The first-order valence-electron chi connectivity index (χ1n) is 8.77. The molecule has 0 bridgehead atoms. The highest BCUT2D eigenvalue weighted by Crippen LogP contribution is 2.19. The van der Waals surface area contributed by atoms with E-state index in [1.807, 2.05) is 12.1 Å². The van der Waals surface area contributed by atoms with Crippen molar-refractivity contribution >= 4 is 21.6 Å². The molecule has 3 rings (SSSR count). The van der Waals surface area contributed by atoms with Gasteiger partial charge in [-0.05, 0) is 60.2 Å². The van der Waals surface area contributed by atoms with Crippen LogP contribution in [-0.4, -0.2) is 21.4 Å². The Bertz CT molecular complexity index is 1150. The van der Waals surface area contributed by atoms with Gasteiger partial charge in [0.25, 0.3) is 15.9 Å². The van der Waals surface area contributed by atoms with Crippen molar-refractivity contribution in [2.45, 2.75) is 11.4 Å². The lowest BCUT2D eigenvalue weighted by Gasteiger charge is -2.10. The standard InChI is InChI=1S/C21H18F2N2O4S/c1-29-17-8-2-14(3-9-17)13-24-21(26)15-4-6-16(7-5-15)25-30(27,28)18-10-11-19(22)20(23)12-18/h2-12,25H,13H2,1H3,(H,24,26). The number of halogens is 2. The number of amides is 1. The molecule has 0 aromatic heterocycles. The van der Waals surface area contributed by atoms with Crippen molar-refractivity contribution in [3.05, 3.63) is 89.5 Å². The summed E-state index contributed by atoms with van der Waals surface area (Å²) in [5, 5.41) is 2.76. The van der Waals surface area contributed by atoms with Crippen molar-refractivity contribution in [2.24, 2.45) is 0 Å². The Kier molecular flexibility index (Phi) is 6.31. The molecule has 1 amide bonds. The molecule has 3 aromatic carbocycles. The zero-order chi connectivity index (χ0) is 21.7. The Labute approximate surface area is 172 Å². The summed E-state index contributed by atoms with van der Waals surface area (Å²) in [5.41, 5.74) is 1.39. The van der Waals surface area contributed by atoms with E-state index in [2.05, 4.69) is 10.0 Å². The number of rotatable bonds is 7. The summed E-state index contributed by atoms with van der Waals surface area (Å²) in [5.74, 6) is -2.02. The highest BCUT2D eigenvalue weighted by Gasteiger charge is 2.17. The van der Waals surface area contributed by atoms with Crippen LogP contribution in [0, 0.1) is 11.6 Å². The average Bonchev–Trinajstić information content (AvgIpc) is 2.74. The maximum atomic E-state index is 13.3. The molecule has 0 aliphatic heterocycles. The van der Waals surface area contributed by atoms with Crippen LogP contribution < -0.4 is 14.8 Å². The molecule has 6 nitrogen and oxygen atoms in total. The molecule has 0 saturated carbocycles. The number of carbonyl (C=O) groups excluding carboxylic acids is 1.